The van der Waals surface area contributed by atoms with Crippen LogP contribution >= 0.6 is 22.9 Å². The van der Waals surface area contributed by atoms with Crippen LogP contribution in [0.5, 0.6) is 0 Å². The Morgan fingerprint density at radius 2 is 2.25 bits per heavy atom. The minimum Gasteiger partial charge on any atom is -0.462 e. The highest BCUT2D eigenvalue weighted by molar-refractivity contribution is 7.20. The molecule has 0 spiro atoms. The van der Waals surface area contributed by atoms with E-state index in [1.807, 2.05) is 0 Å². The molecule has 0 unspecified atom stereocenters. The van der Waals surface area contributed by atoms with E-state index in [1.165, 1.54) is 23.5 Å². The standard InChI is InChI=1S/C11H8ClFO2S/c1-2-15-11(14)10-4-6-3-8(13)7(12)5-9(6)16-10/h3-5H,2H2,1H3. The fraction of sp³-hybridized carbons (Fsp3) is 0.182. The van der Waals surface area contributed by atoms with Crippen molar-refractivity contribution in [2.75, 3.05) is 6.61 Å². The number of carbonyl (C=O) groups excluding carboxylic acids is 1. The van der Waals surface area contributed by atoms with E-state index in [9.17, 15) is 9.18 Å². The monoisotopic (exact) mass is 258 g/mol. The molecule has 2 rings (SSSR count). The van der Waals surface area contributed by atoms with Gasteiger partial charge in [-0.15, -0.1) is 11.3 Å². The first kappa shape index (κ1) is 11.4. The summed E-state index contributed by atoms with van der Waals surface area (Å²) in [4.78, 5) is 11.9. The lowest BCUT2D eigenvalue weighted by Crippen LogP contribution is -2.01. The number of thiophene rings is 1. The van der Waals surface area contributed by atoms with Gasteiger partial charge in [-0.2, -0.15) is 0 Å². The molecule has 0 saturated carbocycles. The Labute approximate surface area is 101 Å². The number of rotatable bonds is 2. The molecule has 0 aliphatic heterocycles. The van der Waals surface area contributed by atoms with Crippen LogP contribution in [0.2, 0.25) is 5.02 Å². The third-order valence-corrected chi connectivity index (χ3v) is 3.40. The van der Waals surface area contributed by atoms with Gasteiger partial charge in [-0.3, -0.25) is 0 Å². The van der Waals surface area contributed by atoms with Gasteiger partial charge in [-0.1, -0.05) is 11.6 Å². The summed E-state index contributed by atoms with van der Waals surface area (Å²) in [5.74, 6) is -0.873. The smallest absolute Gasteiger partial charge is 0.348 e. The topological polar surface area (TPSA) is 26.3 Å². The molecule has 0 saturated heterocycles. The summed E-state index contributed by atoms with van der Waals surface area (Å²) in [7, 11) is 0. The molecule has 2 nitrogen and oxygen atoms in total. The van der Waals surface area contributed by atoms with E-state index in [0.29, 0.717) is 16.9 Å². The molecule has 0 aliphatic rings. The second kappa shape index (κ2) is 4.39. The molecule has 84 valence electrons. The van der Waals surface area contributed by atoms with Gasteiger partial charge in [0, 0.05) is 4.70 Å². The number of halogens is 2. The summed E-state index contributed by atoms with van der Waals surface area (Å²) in [5, 5.41) is 0.722. The van der Waals surface area contributed by atoms with Crippen molar-refractivity contribution in [3.8, 4) is 0 Å². The summed E-state index contributed by atoms with van der Waals surface area (Å²) in [6, 6.07) is 4.44. The van der Waals surface area contributed by atoms with Crippen LogP contribution in [-0.4, -0.2) is 12.6 Å². The Hall–Kier alpha value is -1.13. The Morgan fingerprint density at radius 3 is 2.94 bits per heavy atom. The molecule has 0 bridgehead atoms. The van der Waals surface area contributed by atoms with E-state index >= 15 is 0 Å². The summed E-state index contributed by atoms with van der Waals surface area (Å²) in [5.41, 5.74) is 0. The molecule has 2 aromatic rings. The normalized spacial score (nSPS) is 10.7. The number of hydrogen-bond donors (Lipinski definition) is 0. The maximum atomic E-state index is 13.2. The van der Waals surface area contributed by atoms with Crippen molar-refractivity contribution in [2.45, 2.75) is 6.92 Å². The predicted octanol–water partition coefficient (Wildman–Crippen LogP) is 3.87. The van der Waals surface area contributed by atoms with Gasteiger partial charge in [-0.05, 0) is 30.5 Å². The molecule has 1 heterocycles. The van der Waals surface area contributed by atoms with Crippen molar-refractivity contribution in [1.29, 1.82) is 0 Å². The van der Waals surface area contributed by atoms with E-state index < -0.39 is 5.82 Å². The third kappa shape index (κ3) is 2.03. The Morgan fingerprint density at radius 1 is 1.50 bits per heavy atom. The minimum absolute atomic E-state index is 0.0600. The van der Waals surface area contributed by atoms with Gasteiger partial charge in [0.1, 0.15) is 10.7 Å². The molecular formula is C11H8ClFO2S. The van der Waals surface area contributed by atoms with Crippen LogP contribution in [0.1, 0.15) is 16.6 Å². The van der Waals surface area contributed by atoms with Crippen LogP contribution in [0.3, 0.4) is 0 Å². The fourth-order valence-corrected chi connectivity index (χ4v) is 2.54. The van der Waals surface area contributed by atoms with Crippen molar-refractivity contribution in [3.63, 3.8) is 0 Å². The number of hydrogen-bond acceptors (Lipinski definition) is 3. The zero-order valence-corrected chi connectivity index (χ0v) is 9.99. The number of carbonyl (C=O) groups is 1. The van der Waals surface area contributed by atoms with Crippen molar-refractivity contribution < 1.29 is 13.9 Å². The molecule has 0 atom stereocenters. The van der Waals surface area contributed by atoms with Gasteiger partial charge in [-0.25, -0.2) is 9.18 Å². The Kier molecular flexibility index (Phi) is 3.12. The zero-order chi connectivity index (χ0) is 11.7. The first-order valence-electron chi connectivity index (χ1n) is 4.67. The van der Waals surface area contributed by atoms with E-state index in [0.717, 1.165) is 4.70 Å². The molecule has 1 aromatic heterocycles. The summed E-state index contributed by atoms with van der Waals surface area (Å²) >= 11 is 6.90. The SMILES string of the molecule is CCOC(=O)c1cc2cc(F)c(Cl)cc2s1. The second-order valence-electron chi connectivity index (χ2n) is 3.14. The summed E-state index contributed by atoms with van der Waals surface area (Å²) in [6.07, 6.45) is 0. The quantitative estimate of drug-likeness (QED) is 0.765. The van der Waals surface area contributed by atoms with Gasteiger partial charge >= 0.3 is 5.97 Å². The number of ether oxygens (including phenoxy) is 1. The fourth-order valence-electron chi connectivity index (χ4n) is 1.34. The van der Waals surface area contributed by atoms with Gasteiger partial charge in [0.15, 0.2) is 0 Å². The largest absolute Gasteiger partial charge is 0.462 e. The molecule has 0 fully saturated rings. The molecular weight excluding hydrogens is 251 g/mol. The maximum Gasteiger partial charge on any atom is 0.348 e. The highest BCUT2D eigenvalue weighted by Gasteiger charge is 2.12. The van der Waals surface area contributed by atoms with Crippen molar-refractivity contribution >= 4 is 39.0 Å². The first-order valence-corrected chi connectivity index (χ1v) is 5.87. The second-order valence-corrected chi connectivity index (χ2v) is 4.63. The maximum absolute atomic E-state index is 13.2. The highest BCUT2D eigenvalue weighted by atomic mass is 35.5. The van der Waals surface area contributed by atoms with E-state index in [2.05, 4.69) is 0 Å². The average molecular weight is 259 g/mol. The molecule has 0 N–H and O–H groups in total. The van der Waals surface area contributed by atoms with Crippen molar-refractivity contribution in [1.82, 2.24) is 0 Å². The summed E-state index contributed by atoms with van der Waals surface area (Å²) in [6.45, 7) is 2.06. The Bertz CT molecular complexity index is 511. The van der Waals surface area contributed by atoms with Crippen LogP contribution in [-0.2, 0) is 4.74 Å². The van der Waals surface area contributed by atoms with Gasteiger partial charge in [0.05, 0.1) is 11.6 Å². The van der Waals surface area contributed by atoms with E-state index in [4.69, 9.17) is 16.3 Å². The van der Waals surface area contributed by atoms with E-state index in [-0.39, 0.29) is 11.0 Å². The highest BCUT2D eigenvalue weighted by Crippen LogP contribution is 2.30. The van der Waals surface area contributed by atoms with E-state index in [1.54, 1.807) is 13.0 Å². The van der Waals surface area contributed by atoms with Crippen molar-refractivity contribution in [2.24, 2.45) is 0 Å². The first-order chi connectivity index (χ1) is 7.61. The van der Waals surface area contributed by atoms with Crippen LogP contribution in [0.4, 0.5) is 4.39 Å². The molecule has 1 aromatic carbocycles. The lowest BCUT2D eigenvalue weighted by Gasteiger charge is -1.95. The van der Waals surface area contributed by atoms with Crippen molar-refractivity contribution in [3.05, 3.63) is 33.9 Å². The Balaban J connectivity index is 2.48. The lowest BCUT2D eigenvalue weighted by molar-refractivity contribution is 0.0532. The van der Waals surface area contributed by atoms with Crippen LogP contribution in [0.25, 0.3) is 10.1 Å². The molecule has 0 radical (unpaired) electrons. The summed E-state index contributed by atoms with van der Waals surface area (Å²) < 4.78 is 18.8. The van der Waals surface area contributed by atoms with Gasteiger partial charge in [0.2, 0.25) is 0 Å². The zero-order valence-electron chi connectivity index (χ0n) is 8.42. The number of benzene rings is 1. The molecule has 0 aliphatic carbocycles. The number of fused-ring (bicyclic) bond motifs is 1. The minimum atomic E-state index is -0.484. The van der Waals surface area contributed by atoms with Gasteiger partial charge < -0.3 is 4.74 Å². The van der Waals surface area contributed by atoms with Crippen LogP contribution in [0.15, 0.2) is 18.2 Å². The van der Waals surface area contributed by atoms with Crippen LogP contribution < -0.4 is 0 Å². The van der Waals surface area contributed by atoms with Crippen LogP contribution in [0, 0.1) is 5.82 Å². The molecule has 16 heavy (non-hydrogen) atoms. The predicted molar refractivity (Wildman–Crippen MR) is 62.7 cm³/mol. The third-order valence-electron chi connectivity index (χ3n) is 2.04. The molecule has 0 amide bonds. The average Bonchev–Trinajstić information content (AvgIpc) is 2.62. The number of esters is 1. The van der Waals surface area contributed by atoms with Gasteiger partial charge in [0.25, 0.3) is 0 Å². The lowest BCUT2D eigenvalue weighted by atomic mass is 10.2. The molecule has 5 heteroatoms.